The lowest BCUT2D eigenvalue weighted by atomic mass is 9.90. The summed E-state index contributed by atoms with van der Waals surface area (Å²) in [6.07, 6.45) is -0.658. The molecule has 0 saturated carbocycles. The number of carbonyl (C=O) groups excluding carboxylic acids is 1. The molecule has 1 aliphatic rings. The molecule has 12 heteroatoms. The lowest BCUT2D eigenvalue weighted by Crippen LogP contribution is -2.45. The average molecular weight is 439 g/mol. The van der Waals surface area contributed by atoms with Crippen LogP contribution in [0.25, 0.3) is 0 Å². The van der Waals surface area contributed by atoms with Gasteiger partial charge in [0.1, 0.15) is 30.6 Å². The maximum absolute atomic E-state index is 14.5. The van der Waals surface area contributed by atoms with Crippen molar-refractivity contribution in [3.63, 3.8) is 0 Å². The van der Waals surface area contributed by atoms with Crippen LogP contribution in [-0.2, 0) is 15.0 Å². The second kappa shape index (κ2) is 9.71. The molecular weight excluding hydrogens is 419 g/mol. The van der Waals surface area contributed by atoms with Crippen LogP contribution in [0.3, 0.4) is 0 Å². The molecule has 2 heterocycles. The molecule has 1 atom stereocenters. The SMILES string of the molecule is COCCOc1cnc(C(=O)Nc2ccc(F)c(C3(C(F)F)COCC(N)=N3)c2)cn1. The van der Waals surface area contributed by atoms with Gasteiger partial charge < -0.3 is 25.3 Å². The molecule has 2 aromatic rings. The Bertz CT molecular complexity index is 958. The number of carbonyl (C=O) groups is 1. The number of aromatic nitrogens is 2. The van der Waals surface area contributed by atoms with Crippen LogP contribution in [0.15, 0.2) is 35.6 Å². The minimum atomic E-state index is -3.09. The molecule has 31 heavy (non-hydrogen) atoms. The van der Waals surface area contributed by atoms with Gasteiger partial charge in [-0.25, -0.2) is 23.1 Å². The summed E-state index contributed by atoms with van der Waals surface area (Å²) in [4.78, 5) is 24.1. The topological polar surface area (TPSA) is 121 Å². The number of nitrogens with two attached hydrogens (primary N) is 1. The molecule has 3 rings (SSSR count). The van der Waals surface area contributed by atoms with E-state index in [0.717, 1.165) is 12.1 Å². The van der Waals surface area contributed by atoms with E-state index in [1.807, 2.05) is 0 Å². The fourth-order valence-corrected chi connectivity index (χ4v) is 2.87. The van der Waals surface area contributed by atoms with Gasteiger partial charge in [-0.05, 0) is 18.2 Å². The van der Waals surface area contributed by atoms with Gasteiger partial charge in [0.15, 0.2) is 5.54 Å². The van der Waals surface area contributed by atoms with E-state index in [1.165, 1.54) is 25.6 Å². The van der Waals surface area contributed by atoms with Gasteiger partial charge in [0.2, 0.25) is 5.88 Å². The number of alkyl halides is 2. The molecule has 0 fully saturated rings. The number of amidine groups is 1. The zero-order chi connectivity index (χ0) is 22.4. The number of hydrogen-bond acceptors (Lipinski definition) is 8. The molecule has 1 unspecified atom stereocenters. The van der Waals surface area contributed by atoms with E-state index in [1.54, 1.807) is 0 Å². The number of aliphatic imine (C=N–C) groups is 1. The zero-order valence-electron chi connectivity index (χ0n) is 16.5. The molecule has 1 aromatic carbocycles. The monoisotopic (exact) mass is 439 g/mol. The molecule has 0 spiro atoms. The summed E-state index contributed by atoms with van der Waals surface area (Å²) in [5.74, 6) is -1.59. The summed E-state index contributed by atoms with van der Waals surface area (Å²) in [7, 11) is 1.52. The van der Waals surface area contributed by atoms with E-state index in [9.17, 15) is 18.0 Å². The third-order valence-electron chi connectivity index (χ3n) is 4.37. The van der Waals surface area contributed by atoms with Crippen molar-refractivity contribution in [3.8, 4) is 5.88 Å². The predicted octanol–water partition coefficient (Wildman–Crippen LogP) is 1.74. The highest BCUT2D eigenvalue weighted by atomic mass is 19.3. The number of nitrogens with one attached hydrogen (secondary N) is 1. The molecule has 0 saturated heterocycles. The fourth-order valence-electron chi connectivity index (χ4n) is 2.87. The first-order valence-electron chi connectivity index (χ1n) is 9.11. The van der Waals surface area contributed by atoms with Crippen molar-refractivity contribution in [2.24, 2.45) is 10.7 Å². The van der Waals surface area contributed by atoms with Gasteiger partial charge in [-0.2, -0.15) is 0 Å². The number of methoxy groups -OCH3 is 1. The van der Waals surface area contributed by atoms with Crippen LogP contribution in [0, 0.1) is 5.82 Å². The number of benzene rings is 1. The highest BCUT2D eigenvalue weighted by Gasteiger charge is 2.46. The van der Waals surface area contributed by atoms with Crippen molar-refractivity contribution >= 4 is 17.4 Å². The van der Waals surface area contributed by atoms with Crippen molar-refractivity contribution < 1.29 is 32.2 Å². The first-order valence-corrected chi connectivity index (χ1v) is 9.11. The zero-order valence-corrected chi connectivity index (χ0v) is 16.5. The molecule has 0 aliphatic carbocycles. The van der Waals surface area contributed by atoms with Crippen LogP contribution in [0.1, 0.15) is 16.1 Å². The smallest absolute Gasteiger partial charge is 0.275 e. The number of rotatable bonds is 8. The van der Waals surface area contributed by atoms with Gasteiger partial charge in [-0.1, -0.05) is 0 Å². The standard InChI is InChI=1S/C19H20F3N5O4/c1-29-4-5-31-16-8-24-14(7-25-16)17(28)26-11-2-3-13(20)12(6-11)19(18(21)22)10-30-9-15(23)27-19/h2-3,6-8,18H,4-5,9-10H2,1H3,(H2,23,27)(H,26,28). The molecule has 0 bridgehead atoms. The number of amides is 1. The highest BCUT2D eigenvalue weighted by Crippen LogP contribution is 2.38. The molecule has 166 valence electrons. The summed E-state index contributed by atoms with van der Waals surface area (Å²) in [5.41, 5.74) is 2.79. The largest absolute Gasteiger partial charge is 0.474 e. The normalized spacial score (nSPS) is 18.5. The van der Waals surface area contributed by atoms with E-state index in [-0.39, 0.29) is 36.3 Å². The van der Waals surface area contributed by atoms with Crippen LogP contribution in [-0.4, -0.2) is 61.7 Å². The summed E-state index contributed by atoms with van der Waals surface area (Å²) in [6, 6.07) is 3.25. The van der Waals surface area contributed by atoms with E-state index in [2.05, 4.69) is 20.3 Å². The molecule has 3 N–H and O–H groups in total. The Morgan fingerprint density at radius 3 is 2.77 bits per heavy atom. The van der Waals surface area contributed by atoms with Gasteiger partial charge in [-0.3, -0.25) is 9.79 Å². The van der Waals surface area contributed by atoms with Gasteiger partial charge in [0.05, 0.1) is 25.6 Å². The minimum Gasteiger partial charge on any atom is -0.474 e. The Morgan fingerprint density at radius 2 is 2.13 bits per heavy atom. The van der Waals surface area contributed by atoms with E-state index < -0.39 is 35.9 Å². The number of hydrogen-bond donors (Lipinski definition) is 2. The molecule has 9 nitrogen and oxygen atoms in total. The highest BCUT2D eigenvalue weighted by molar-refractivity contribution is 6.02. The maximum atomic E-state index is 14.5. The predicted molar refractivity (Wildman–Crippen MR) is 104 cm³/mol. The van der Waals surface area contributed by atoms with E-state index in [0.29, 0.717) is 6.61 Å². The van der Waals surface area contributed by atoms with E-state index in [4.69, 9.17) is 19.9 Å². The first-order chi connectivity index (χ1) is 14.9. The fraction of sp³-hybridized carbons (Fsp3) is 0.368. The molecule has 1 amide bonds. The second-order valence-corrected chi connectivity index (χ2v) is 6.55. The Balaban J connectivity index is 1.80. The van der Waals surface area contributed by atoms with Crippen LogP contribution in [0.5, 0.6) is 5.88 Å². The Hall–Kier alpha value is -3.25. The Morgan fingerprint density at radius 1 is 1.32 bits per heavy atom. The molecule has 1 aromatic heterocycles. The third-order valence-corrected chi connectivity index (χ3v) is 4.37. The first kappa shape index (κ1) is 22.4. The second-order valence-electron chi connectivity index (χ2n) is 6.55. The Kier molecular flexibility index (Phi) is 7.02. The van der Waals surface area contributed by atoms with Crippen molar-refractivity contribution in [1.82, 2.24) is 9.97 Å². The van der Waals surface area contributed by atoms with Crippen LogP contribution < -0.4 is 15.8 Å². The minimum absolute atomic E-state index is 0.0583. The lowest BCUT2D eigenvalue weighted by molar-refractivity contribution is -0.0145. The summed E-state index contributed by atoms with van der Waals surface area (Å²) in [6.45, 7) is -0.0681. The van der Waals surface area contributed by atoms with Crippen molar-refractivity contribution in [2.75, 3.05) is 38.9 Å². The quantitative estimate of drug-likeness (QED) is 0.601. The van der Waals surface area contributed by atoms with Gasteiger partial charge in [0.25, 0.3) is 12.3 Å². The van der Waals surface area contributed by atoms with Gasteiger partial charge >= 0.3 is 0 Å². The Labute approximate surface area is 175 Å². The van der Waals surface area contributed by atoms with Crippen molar-refractivity contribution in [3.05, 3.63) is 47.7 Å². The summed E-state index contributed by atoms with van der Waals surface area (Å²) in [5, 5.41) is 2.47. The summed E-state index contributed by atoms with van der Waals surface area (Å²) < 4.78 is 57.4. The molecule has 1 aliphatic heterocycles. The summed E-state index contributed by atoms with van der Waals surface area (Å²) >= 11 is 0. The number of ether oxygens (including phenoxy) is 3. The van der Waals surface area contributed by atoms with E-state index >= 15 is 0 Å². The van der Waals surface area contributed by atoms with Gasteiger partial charge in [-0.15, -0.1) is 0 Å². The maximum Gasteiger partial charge on any atom is 0.275 e. The number of anilines is 1. The number of halogens is 3. The van der Waals surface area contributed by atoms with Crippen LogP contribution in [0.2, 0.25) is 0 Å². The third kappa shape index (κ3) is 5.09. The molecular formula is C19H20F3N5O4. The van der Waals surface area contributed by atoms with Gasteiger partial charge in [0, 0.05) is 18.4 Å². The molecule has 0 radical (unpaired) electrons. The van der Waals surface area contributed by atoms with Crippen LogP contribution in [0.4, 0.5) is 18.9 Å². The average Bonchev–Trinajstić information content (AvgIpc) is 2.75. The van der Waals surface area contributed by atoms with Crippen molar-refractivity contribution in [1.29, 1.82) is 0 Å². The lowest BCUT2D eigenvalue weighted by Gasteiger charge is -2.33. The van der Waals surface area contributed by atoms with Crippen molar-refractivity contribution in [2.45, 2.75) is 12.0 Å². The van der Waals surface area contributed by atoms with Crippen LogP contribution >= 0.6 is 0 Å². The number of nitrogens with zero attached hydrogens (tertiary/aromatic N) is 3.